The molecule has 17 heavy (non-hydrogen) atoms. The minimum absolute atomic E-state index is 0.846. The summed E-state index contributed by atoms with van der Waals surface area (Å²) in [6, 6.07) is 0. The molecule has 0 saturated carbocycles. The molecule has 0 aliphatic rings. The number of terminal acetylenes is 1. The van der Waals surface area contributed by atoms with E-state index < -0.39 is 0 Å². The molecule has 0 aromatic rings. The van der Waals surface area contributed by atoms with Gasteiger partial charge in [0.1, 0.15) is 0 Å². The lowest BCUT2D eigenvalue weighted by Crippen LogP contribution is -1.87. The zero-order chi connectivity index (χ0) is 14.1. The minimum atomic E-state index is 0.846. The first-order valence-electron chi connectivity index (χ1n) is 6.82. The molecule has 0 heterocycles. The average Bonchev–Trinajstić information content (AvgIpc) is 2.34. The van der Waals surface area contributed by atoms with Crippen LogP contribution < -0.4 is 0 Å². The van der Waals surface area contributed by atoms with Gasteiger partial charge in [-0.3, -0.25) is 0 Å². The summed E-state index contributed by atoms with van der Waals surface area (Å²) in [5.74, 6) is 0.846. The first-order chi connectivity index (χ1) is 8.16. The molecule has 0 aromatic carbocycles. The molecule has 0 nitrogen and oxygen atoms in total. The van der Waals surface area contributed by atoms with Gasteiger partial charge in [0, 0.05) is 0 Å². The van der Waals surface area contributed by atoms with Crippen LogP contribution in [0.15, 0.2) is 23.8 Å². The predicted molar refractivity (Wildman–Crippen MR) is 83.1 cm³/mol. The summed E-state index contributed by atoms with van der Waals surface area (Å²) in [7, 11) is 0. The minimum Gasteiger partial charge on any atom is -0.124 e. The Morgan fingerprint density at radius 3 is 2.12 bits per heavy atom. The van der Waals surface area contributed by atoms with Crippen LogP contribution in [0.2, 0.25) is 0 Å². The van der Waals surface area contributed by atoms with Crippen molar-refractivity contribution >= 4 is 0 Å². The molecule has 0 rings (SSSR count). The van der Waals surface area contributed by atoms with Crippen molar-refractivity contribution in [3.63, 3.8) is 0 Å². The Labute approximate surface area is 110 Å². The van der Waals surface area contributed by atoms with E-state index in [4.69, 9.17) is 0 Å². The first kappa shape index (κ1) is 21.3. The summed E-state index contributed by atoms with van der Waals surface area (Å²) < 4.78 is 0. The Morgan fingerprint density at radius 1 is 1.18 bits per heavy atom. The summed E-state index contributed by atoms with van der Waals surface area (Å²) in [4.78, 5) is 0. The molecule has 0 aromatic heterocycles. The van der Waals surface area contributed by atoms with Crippen LogP contribution >= 0.6 is 0 Å². The highest BCUT2D eigenvalue weighted by Gasteiger charge is 1.94. The maximum absolute atomic E-state index is 4.00. The van der Waals surface area contributed by atoms with Crippen molar-refractivity contribution in [1.29, 1.82) is 0 Å². The second-order valence-electron chi connectivity index (χ2n) is 4.14. The van der Waals surface area contributed by atoms with E-state index in [0.29, 0.717) is 0 Å². The highest BCUT2D eigenvalue weighted by Crippen LogP contribution is 2.11. The van der Waals surface area contributed by atoms with Crippen LogP contribution in [-0.2, 0) is 0 Å². The zero-order valence-corrected chi connectivity index (χ0v) is 12.8. The van der Waals surface area contributed by atoms with E-state index in [2.05, 4.69) is 58.8 Å². The Kier molecular flexibility index (Phi) is 25.7. The van der Waals surface area contributed by atoms with Gasteiger partial charge < -0.3 is 0 Å². The van der Waals surface area contributed by atoms with Gasteiger partial charge in [0.05, 0.1) is 0 Å². The van der Waals surface area contributed by atoms with Crippen LogP contribution in [0.25, 0.3) is 0 Å². The fourth-order valence-electron chi connectivity index (χ4n) is 1.24. The fourth-order valence-corrected chi connectivity index (χ4v) is 1.24. The van der Waals surface area contributed by atoms with Gasteiger partial charge in [0.2, 0.25) is 0 Å². The SMILES string of the molecule is C#C.CC.CC/C=C\C=C(/C)CCCC(C)C. The molecule has 100 valence electrons. The standard InChI is InChI=1S/C13H24.C2H6.C2H2/c1-5-6-7-10-13(4)11-8-9-12(2)3;2*1-2/h6-7,10,12H,5,8-9,11H2,1-4H3;1-2H3;1-2H/b7-6-,13-10+;;. The van der Waals surface area contributed by atoms with Crippen LogP contribution in [0, 0.1) is 18.8 Å². The van der Waals surface area contributed by atoms with Gasteiger partial charge in [0.25, 0.3) is 0 Å². The topological polar surface area (TPSA) is 0 Å². The maximum atomic E-state index is 4.00. The molecule has 0 saturated heterocycles. The molecule has 0 amide bonds. The largest absolute Gasteiger partial charge is 0.124 e. The van der Waals surface area contributed by atoms with Crippen molar-refractivity contribution in [3.8, 4) is 12.8 Å². The Hall–Kier alpha value is -0.960. The lowest BCUT2D eigenvalue weighted by Gasteiger charge is -2.03. The van der Waals surface area contributed by atoms with E-state index in [9.17, 15) is 0 Å². The van der Waals surface area contributed by atoms with Crippen molar-refractivity contribution in [3.05, 3.63) is 23.8 Å². The van der Waals surface area contributed by atoms with E-state index >= 15 is 0 Å². The van der Waals surface area contributed by atoms with Gasteiger partial charge in [-0.05, 0) is 32.1 Å². The summed E-state index contributed by atoms with van der Waals surface area (Å²) in [6.45, 7) is 13.0. The Bertz CT molecular complexity index is 191. The molecule has 0 spiro atoms. The molecule has 0 bridgehead atoms. The third-order valence-electron chi connectivity index (χ3n) is 2.11. The molecular weight excluding hydrogens is 204 g/mol. The highest BCUT2D eigenvalue weighted by atomic mass is 14.0. The van der Waals surface area contributed by atoms with Gasteiger partial charge in [-0.25, -0.2) is 0 Å². The molecule has 0 atom stereocenters. The monoisotopic (exact) mass is 236 g/mol. The Balaban J connectivity index is -0.000000439. The lowest BCUT2D eigenvalue weighted by atomic mass is 10.0. The molecule has 0 N–H and O–H groups in total. The molecule has 0 aliphatic heterocycles. The number of allylic oxidation sites excluding steroid dienone is 4. The molecule has 0 heteroatoms. The first-order valence-corrected chi connectivity index (χ1v) is 6.82. The fraction of sp³-hybridized carbons (Fsp3) is 0.647. The van der Waals surface area contributed by atoms with Crippen LogP contribution in [0.3, 0.4) is 0 Å². The quantitative estimate of drug-likeness (QED) is 0.392. The number of rotatable bonds is 6. The normalized spacial score (nSPS) is 10.5. The van der Waals surface area contributed by atoms with Crippen molar-refractivity contribution in [2.75, 3.05) is 0 Å². The van der Waals surface area contributed by atoms with Gasteiger partial charge in [-0.1, -0.05) is 64.8 Å². The van der Waals surface area contributed by atoms with Crippen molar-refractivity contribution in [2.24, 2.45) is 5.92 Å². The summed E-state index contributed by atoms with van der Waals surface area (Å²) in [5.41, 5.74) is 1.50. The van der Waals surface area contributed by atoms with Gasteiger partial charge in [0.15, 0.2) is 0 Å². The maximum Gasteiger partial charge on any atom is -0.0320 e. The van der Waals surface area contributed by atoms with E-state index in [0.717, 1.165) is 12.3 Å². The molecule has 0 unspecified atom stereocenters. The molecule has 0 aliphatic carbocycles. The van der Waals surface area contributed by atoms with Gasteiger partial charge in [-0.15, -0.1) is 12.8 Å². The van der Waals surface area contributed by atoms with E-state index in [1.165, 1.54) is 24.8 Å². The van der Waals surface area contributed by atoms with Crippen molar-refractivity contribution in [2.45, 2.75) is 67.2 Å². The summed E-state index contributed by atoms with van der Waals surface area (Å²) in [5, 5.41) is 0. The van der Waals surface area contributed by atoms with Crippen LogP contribution in [0.4, 0.5) is 0 Å². The van der Waals surface area contributed by atoms with Crippen molar-refractivity contribution in [1.82, 2.24) is 0 Å². The van der Waals surface area contributed by atoms with Gasteiger partial charge in [-0.2, -0.15) is 0 Å². The van der Waals surface area contributed by atoms with Crippen LogP contribution in [0.1, 0.15) is 67.2 Å². The third-order valence-corrected chi connectivity index (χ3v) is 2.11. The zero-order valence-electron chi connectivity index (χ0n) is 12.8. The summed E-state index contributed by atoms with van der Waals surface area (Å²) in [6.07, 6.45) is 19.7. The highest BCUT2D eigenvalue weighted by molar-refractivity contribution is 5.10. The summed E-state index contributed by atoms with van der Waals surface area (Å²) >= 11 is 0. The lowest BCUT2D eigenvalue weighted by molar-refractivity contribution is 0.555. The molecule has 0 radical (unpaired) electrons. The number of hydrogen-bond acceptors (Lipinski definition) is 0. The van der Waals surface area contributed by atoms with E-state index in [-0.39, 0.29) is 0 Å². The van der Waals surface area contributed by atoms with Crippen molar-refractivity contribution < 1.29 is 0 Å². The second kappa shape index (κ2) is 20.5. The Morgan fingerprint density at radius 2 is 1.71 bits per heavy atom. The van der Waals surface area contributed by atoms with Crippen LogP contribution in [0.5, 0.6) is 0 Å². The van der Waals surface area contributed by atoms with Crippen LogP contribution in [-0.4, -0.2) is 0 Å². The van der Waals surface area contributed by atoms with Gasteiger partial charge >= 0.3 is 0 Å². The smallest absolute Gasteiger partial charge is 0.0320 e. The number of hydrogen-bond donors (Lipinski definition) is 0. The molecular formula is C17H32. The second-order valence-corrected chi connectivity index (χ2v) is 4.14. The predicted octanol–water partition coefficient (Wildman–Crippen LogP) is 6.00. The average molecular weight is 236 g/mol. The van der Waals surface area contributed by atoms with E-state index in [1.54, 1.807) is 0 Å². The molecule has 0 fully saturated rings. The van der Waals surface area contributed by atoms with E-state index in [1.807, 2.05) is 13.8 Å². The third kappa shape index (κ3) is 25.4.